The molecule has 0 unspecified atom stereocenters. The highest BCUT2D eigenvalue weighted by atomic mass is 35.5. The second kappa shape index (κ2) is 6.47. The number of nitro benzene ring substituents is 1. The number of hydrogen-bond acceptors (Lipinski definition) is 7. The Morgan fingerprint density at radius 3 is 2.54 bits per heavy atom. The van der Waals surface area contributed by atoms with Crippen molar-refractivity contribution in [2.24, 2.45) is 0 Å². The molecule has 2 N–H and O–H groups in total. The van der Waals surface area contributed by atoms with Crippen molar-refractivity contribution >= 4 is 28.9 Å². The first-order valence-electron chi connectivity index (χ1n) is 7.19. The topological polar surface area (TPSA) is 123 Å². The number of halogens is 2. The zero-order chi connectivity index (χ0) is 19.2. The summed E-state index contributed by atoms with van der Waals surface area (Å²) >= 11 is 12.4. The number of nitrogens with zero attached hydrogens (tertiary/aromatic N) is 3. The molecule has 0 fully saturated rings. The van der Waals surface area contributed by atoms with Crippen molar-refractivity contribution in [2.75, 3.05) is 0 Å². The average Bonchev–Trinajstić information content (AvgIpc) is 3.04. The van der Waals surface area contributed by atoms with E-state index in [1.807, 2.05) is 0 Å². The van der Waals surface area contributed by atoms with E-state index in [-0.39, 0.29) is 22.3 Å². The van der Waals surface area contributed by atoms with Gasteiger partial charge >= 0.3 is 5.69 Å². The Bertz CT molecular complexity index is 1050. The number of aromatic nitrogens is 2. The highest BCUT2D eigenvalue weighted by Gasteiger charge is 2.23. The second-order valence-electron chi connectivity index (χ2n) is 5.46. The molecular formula is C16H11Cl2N3O5. The summed E-state index contributed by atoms with van der Waals surface area (Å²) in [4.78, 5) is 18.6. The van der Waals surface area contributed by atoms with Gasteiger partial charge in [0.25, 0.3) is 0 Å². The molecule has 2 heterocycles. The van der Waals surface area contributed by atoms with Gasteiger partial charge in [0.15, 0.2) is 5.75 Å². The molecule has 0 spiro atoms. The zero-order valence-corrected chi connectivity index (χ0v) is 15.0. The van der Waals surface area contributed by atoms with Crippen molar-refractivity contribution in [1.29, 1.82) is 0 Å². The summed E-state index contributed by atoms with van der Waals surface area (Å²) < 4.78 is 5.42. The van der Waals surface area contributed by atoms with Crippen LogP contribution in [0, 0.1) is 24.0 Å². The van der Waals surface area contributed by atoms with E-state index in [4.69, 9.17) is 27.6 Å². The SMILES string of the molecule is Cc1nc(Cl)c(-c2nc(-c3cc(O)c(O)c([N+](=O)[O-])c3)co2)c(C)c1Cl. The number of pyridine rings is 1. The van der Waals surface area contributed by atoms with Crippen molar-refractivity contribution in [3.63, 3.8) is 0 Å². The van der Waals surface area contributed by atoms with Crippen LogP contribution in [0.25, 0.3) is 22.7 Å². The Morgan fingerprint density at radius 2 is 1.88 bits per heavy atom. The summed E-state index contributed by atoms with van der Waals surface area (Å²) in [6.45, 7) is 3.45. The van der Waals surface area contributed by atoms with Crippen molar-refractivity contribution in [1.82, 2.24) is 9.97 Å². The molecule has 10 heteroatoms. The fourth-order valence-corrected chi connectivity index (χ4v) is 2.94. The molecule has 0 aliphatic carbocycles. The lowest BCUT2D eigenvalue weighted by atomic mass is 10.1. The van der Waals surface area contributed by atoms with Gasteiger partial charge in [0.2, 0.25) is 11.6 Å². The van der Waals surface area contributed by atoms with Gasteiger partial charge in [-0.1, -0.05) is 23.2 Å². The van der Waals surface area contributed by atoms with Crippen LogP contribution in [-0.2, 0) is 0 Å². The number of phenols is 2. The minimum absolute atomic E-state index is 0.118. The number of phenolic OH excluding ortho intramolecular Hbond substituents is 2. The third kappa shape index (κ3) is 2.93. The number of aryl methyl sites for hydroxylation is 1. The summed E-state index contributed by atoms with van der Waals surface area (Å²) in [5.41, 5.74) is 1.30. The van der Waals surface area contributed by atoms with Gasteiger partial charge in [0, 0.05) is 11.6 Å². The van der Waals surface area contributed by atoms with E-state index >= 15 is 0 Å². The zero-order valence-electron chi connectivity index (χ0n) is 13.4. The van der Waals surface area contributed by atoms with Crippen LogP contribution in [0.15, 0.2) is 22.8 Å². The molecule has 0 atom stereocenters. The first-order valence-corrected chi connectivity index (χ1v) is 7.95. The molecule has 0 bridgehead atoms. The fraction of sp³-hybridized carbons (Fsp3) is 0.125. The van der Waals surface area contributed by atoms with E-state index in [1.54, 1.807) is 13.8 Å². The summed E-state index contributed by atoms with van der Waals surface area (Å²) in [6.07, 6.45) is 1.24. The maximum Gasteiger partial charge on any atom is 0.315 e. The summed E-state index contributed by atoms with van der Waals surface area (Å²) in [7, 11) is 0. The van der Waals surface area contributed by atoms with Gasteiger partial charge in [-0.05, 0) is 25.5 Å². The number of hydrogen-bond donors (Lipinski definition) is 2. The minimum Gasteiger partial charge on any atom is -0.504 e. The molecule has 0 saturated carbocycles. The lowest BCUT2D eigenvalue weighted by Gasteiger charge is -2.08. The predicted molar refractivity (Wildman–Crippen MR) is 94.6 cm³/mol. The number of nitro groups is 1. The van der Waals surface area contributed by atoms with Crippen molar-refractivity contribution < 1.29 is 19.6 Å². The molecular weight excluding hydrogens is 385 g/mol. The Hall–Kier alpha value is -2.84. The van der Waals surface area contributed by atoms with Gasteiger partial charge in [-0.3, -0.25) is 10.1 Å². The molecule has 26 heavy (non-hydrogen) atoms. The third-order valence-electron chi connectivity index (χ3n) is 3.77. The van der Waals surface area contributed by atoms with E-state index in [0.717, 1.165) is 12.1 Å². The van der Waals surface area contributed by atoms with Crippen LogP contribution in [0.4, 0.5) is 5.69 Å². The van der Waals surface area contributed by atoms with Crippen molar-refractivity contribution in [2.45, 2.75) is 13.8 Å². The molecule has 0 saturated heterocycles. The van der Waals surface area contributed by atoms with E-state index < -0.39 is 22.1 Å². The Balaban J connectivity index is 2.13. The number of benzene rings is 1. The van der Waals surface area contributed by atoms with Crippen LogP contribution in [0.3, 0.4) is 0 Å². The quantitative estimate of drug-likeness (QED) is 0.286. The molecule has 0 amide bonds. The molecule has 3 aromatic rings. The van der Waals surface area contributed by atoms with Gasteiger partial charge in [-0.15, -0.1) is 0 Å². The third-order valence-corrected chi connectivity index (χ3v) is 4.60. The normalized spacial score (nSPS) is 10.9. The molecule has 0 aliphatic rings. The van der Waals surface area contributed by atoms with Crippen LogP contribution in [0.2, 0.25) is 10.2 Å². The molecule has 3 rings (SSSR count). The smallest absolute Gasteiger partial charge is 0.315 e. The first kappa shape index (κ1) is 18.0. The second-order valence-corrected chi connectivity index (χ2v) is 6.20. The van der Waals surface area contributed by atoms with E-state index in [1.165, 1.54) is 6.26 Å². The number of aromatic hydroxyl groups is 2. The molecule has 8 nitrogen and oxygen atoms in total. The van der Waals surface area contributed by atoms with Crippen LogP contribution in [-0.4, -0.2) is 25.1 Å². The summed E-state index contributed by atoms with van der Waals surface area (Å²) in [5.74, 6) is -1.35. The molecule has 134 valence electrons. The summed E-state index contributed by atoms with van der Waals surface area (Å²) in [6, 6.07) is 2.21. The standard InChI is InChI=1S/C16H11Cl2N3O5/c1-6-12(15(18)19-7(2)13(6)17)16-20-9(5-26-16)8-3-10(21(24)25)14(23)11(22)4-8/h3-5,22-23H,1-2H3. The number of rotatable bonds is 3. The fourth-order valence-electron chi connectivity index (χ4n) is 2.45. The largest absolute Gasteiger partial charge is 0.504 e. The molecule has 0 radical (unpaired) electrons. The molecule has 2 aromatic heterocycles. The van der Waals surface area contributed by atoms with Gasteiger partial charge < -0.3 is 14.6 Å². The summed E-state index contributed by atoms with van der Waals surface area (Å²) in [5, 5.41) is 30.8. The highest BCUT2D eigenvalue weighted by molar-refractivity contribution is 6.35. The van der Waals surface area contributed by atoms with Crippen molar-refractivity contribution in [3.05, 3.63) is 49.9 Å². The lowest BCUT2D eigenvalue weighted by Crippen LogP contribution is -1.94. The Morgan fingerprint density at radius 1 is 1.19 bits per heavy atom. The molecule has 0 aliphatic heterocycles. The highest BCUT2D eigenvalue weighted by Crippen LogP contribution is 2.40. The monoisotopic (exact) mass is 395 g/mol. The maximum absolute atomic E-state index is 11.0. The molecule has 1 aromatic carbocycles. The Kier molecular flexibility index (Phi) is 4.47. The van der Waals surface area contributed by atoms with E-state index in [9.17, 15) is 20.3 Å². The van der Waals surface area contributed by atoms with Gasteiger partial charge in [0.05, 0.1) is 21.2 Å². The number of oxazole rings is 1. The minimum atomic E-state index is -0.823. The van der Waals surface area contributed by atoms with Crippen LogP contribution in [0.1, 0.15) is 11.3 Å². The van der Waals surface area contributed by atoms with Gasteiger partial charge in [0.1, 0.15) is 17.1 Å². The lowest BCUT2D eigenvalue weighted by molar-refractivity contribution is -0.385. The Labute approximate surface area is 156 Å². The van der Waals surface area contributed by atoms with Crippen LogP contribution in [0.5, 0.6) is 11.5 Å². The van der Waals surface area contributed by atoms with Gasteiger partial charge in [-0.2, -0.15) is 0 Å². The van der Waals surface area contributed by atoms with Crippen LogP contribution >= 0.6 is 23.2 Å². The first-order chi connectivity index (χ1) is 12.2. The predicted octanol–water partition coefficient (Wildman–Crippen LogP) is 4.65. The van der Waals surface area contributed by atoms with Crippen molar-refractivity contribution in [3.8, 4) is 34.2 Å². The average molecular weight is 396 g/mol. The van der Waals surface area contributed by atoms with Crippen LogP contribution < -0.4 is 0 Å². The maximum atomic E-state index is 11.0. The van der Waals surface area contributed by atoms with Gasteiger partial charge in [-0.25, -0.2) is 9.97 Å². The van der Waals surface area contributed by atoms with E-state index in [0.29, 0.717) is 21.8 Å². The van der Waals surface area contributed by atoms with E-state index in [2.05, 4.69) is 9.97 Å².